The zero-order valence-electron chi connectivity index (χ0n) is 10.0. The smallest absolute Gasteiger partial charge is 0.221 e. The standard InChI is InChI=1S/C15H14FNO/c16-14-6-3-7-15(17-14)18-13-9-8-11-4-1-2-5-12(11)10-13/h3,6-10H,1-2,4-5H2. The summed E-state index contributed by atoms with van der Waals surface area (Å²) < 4.78 is 18.5. The number of pyridine rings is 1. The number of benzene rings is 1. The van der Waals surface area contributed by atoms with E-state index in [1.165, 1.54) is 30.0 Å². The maximum absolute atomic E-state index is 13.0. The monoisotopic (exact) mass is 243 g/mol. The van der Waals surface area contributed by atoms with E-state index in [-0.39, 0.29) is 0 Å². The molecule has 0 saturated carbocycles. The second kappa shape index (κ2) is 4.77. The van der Waals surface area contributed by atoms with Gasteiger partial charge in [-0.05, 0) is 55.0 Å². The van der Waals surface area contributed by atoms with Crippen LogP contribution in [0.1, 0.15) is 24.0 Å². The molecule has 1 aliphatic carbocycles. The first-order valence-electron chi connectivity index (χ1n) is 6.23. The summed E-state index contributed by atoms with van der Waals surface area (Å²) in [6.07, 6.45) is 4.74. The molecule has 0 fully saturated rings. The molecule has 2 aromatic rings. The van der Waals surface area contributed by atoms with Gasteiger partial charge in [0.2, 0.25) is 11.8 Å². The summed E-state index contributed by atoms with van der Waals surface area (Å²) >= 11 is 0. The van der Waals surface area contributed by atoms with Gasteiger partial charge in [-0.2, -0.15) is 9.37 Å². The zero-order valence-corrected chi connectivity index (χ0v) is 10.0. The number of fused-ring (bicyclic) bond motifs is 1. The van der Waals surface area contributed by atoms with E-state index in [0.717, 1.165) is 18.6 Å². The Hall–Kier alpha value is -1.90. The van der Waals surface area contributed by atoms with E-state index in [0.29, 0.717) is 5.88 Å². The van der Waals surface area contributed by atoms with Crippen molar-refractivity contribution in [2.75, 3.05) is 0 Å². The normalized spacial score (nSPS) is 14.1. The van der Waals surface area contributed by atoms with Crippen LogP contribution in [-0.4, -0.2) is 4.98 Å². The Morgan fingerprint density at radius 1 is 1.00 bits per heavy atom. The Bertz CT molecular complexity index is 568. The number of hydrogen-bond donors (Lipinski definition) is 0. The lowest BCUT2D eigenvalue weighted by molar-refractivity contribution is 0.444. The number of ether oxygens (including phenoxy) is 1. The molecule has 1 heterocycles. The van der Waals surface area contributed by atoms with Crippen LogP contribution in [0.5, 0.6) is 11.6 Å². The summed E-state index contributed by atoms with van der Waals surface area (Å²) in [5.41, 5.74) is 2.75. The fourth-order valence-electron chi connectivity index (χ4n) is 2.34. The van der Waals surface area contributed by atoms with Crippen molar-refractivity contribution < 1.29 is 9.13 Å². The molecule has 0 radical (unpaired) electrons. The highest BCUT2D eigenvalue weighted by atomic mass is 19.1. The van der Waals surface area contributed by atoms with Crippen LogP contribution in [0.25, 0.3) is 0 Å². The van der Waals surface area contributed by atoms with Gasteiger partial charge in [-0.1, -0.05) is 12.1 Å². The molecule has 3 rings (SSSR count). The maximum Gasteiger partial charge on any atom is 0.221 e. The predicted octanol–water partition coefficient (Wildman–Crippen LogP) is 3.89. The molecule has 0 unspecified atom stereocenters. The predicted molar refractivity (Wildman–Crippen MR) is 67.4 cm³/mol. The molecule has 0 saturated heterocycles. The molecule has 1 aromatic carbocycles. The van der Waals surface area contributed by atoms with Gasteiger partial charge in [0, 0.05) is 6.07 Å². The van der Waals surface area contributed by atoms with Crippen molar-refractivity contribution in [2.45, 2.75) is 25.7 Å². The van der Waals surface area contributed by atoms with Crippen molar-refractivity contribution >= 4 is 0 Å². The summed E-state index contributed by atoms with van der Waals surface area (Å²) in [6, 6.07) is 10.6. The van der Waals surface area contributed by atoms with Crippen molar-refractivity contribution in [2.24, 2.45) is 0 Å². The van der Waals surface area contributed by atoms with Gasteiger partial charge in [-0.15, -0.1) is 0 Å². The van der Waals surface area contributed by atoms with Gasteiger partial charge >= 0.3 is 0 Å². The molecule has 0 bridgehead atoms. The minimum absolute atomic E-state index is 0.297. The van der Waals surface area contributed by atoms with E-state index >= 15 is 0 Å². The number of hydrogen-bond acceptors (Lipinski definition) is 2. The van der Waals surface area contributed by atoms with Crippen LogP contribution in [0.3, 0.4) is 0 Å². The van der Waals surface area contributed by atoms with Crippen LogP contribution >= 0.6 is 0 Å². The first-order chi connectivity index (χ1) is 8.81. The third kappa shape index (κ3) is 2.35. The molecular formula is C15H14FNO. The van der Waals surface area contributed by atoms with Crippen molar-refractivity contribution in [1.29, 1.82) is 0 Å². The molecule has 1 aliphatic rings. The molecule has 0 spiro atoms. The summed E-state index contributed by atoms with van der Waals surface area (Å²) in [7, 11) is 0. The number of aryl methyl sites for hydroxylation is 2. The molecule has 92 valence electrons. The number of nitrogens with zero attached hydrogens (tertiary/aromatic N) is 1. The largest absolute Gasteiger partial charge is 0.439 e. The van der Waals surface area contributed by atoms with Crippen LogP contribution in [0.4, 0.5) is 4.39 Å². The Labute approximate surface area is 105 Å². The van der Waals surface area contributed by atoms with Gasteiger partial charge in [-0.3, -0.25) is 0 Å². The SMILES string of the molecule is Fc1cccc(Oc2ccc3c(c2)CCCC3)n1. The van der Waals surface area contributed by atoms with Crippen molar-refractivity contribution in [3.8, 4) is 11.6 Å². The fourth-order valence-corrected chi connectivity index (χ4v) is 2.34. The summed E-state index contributed by atoms with van der Waals surface area (Å²) in [6.45, 7) is 0. The Kier molecular flexibility index (Phi) is 2.97. The molecule has 18 heavy (non-hydrogen) atoms. The van der Waals surface area contributed by atoms with E-state index in [2.05, 4.69) is 11.1 Å². The van der Waals surface area contributed by atoms with Gasteiger partial charge in [0.05, 0.1) is 0 Å². The van der Waals surface area contributed by atoms with Crippen LogP contribution in [0.2, 0.25) is 0 Å². The van der Waals surface area contributed by atoms with Crippen LogP contribution in [0, 0.1) is 5.95 Å². The highest BCUT2D eigenvalue weighted by Crippen LogP contribution is 2.27. The first kappa shape index (κ1) is 11.2. The van der Waals surface area contributed by atoms with Gasteiger partial charge < -0.3 is 4.74 Å². The van der Waals surface area contributed by atoms with E-state index in [9.17, 15) is 4.39 Å². The number of aromatic nitrogens is 1. The average Bonchev–Trinajstić information content (AvgIpc) is 2.39. The third-order valence-electron chi connectivity index (χ3n) is 3.23. The topological polar surface area (TPSA) is 22.1 Å². The average molecular weight is 243 g/mol. The summed E-state index contributed by atoms with van der Waals surface area (Å²) in [5, 5.41) is 0. The molecule has 0 N–H and O–H groups in total. The molecule has 1 aromatic heterocycles. The van der Waals surface area contributed by atoms with Crippen LogP contribution in [0.15, 0.2) is 36.4 Å². The van der Waals surface area contributed by atoms with Crippen LogP contribution < -0.4 is 4.74 Å². The second-order valence-corrected chi connectivity index (χ2v) is 4.54. The van der Waals surface area contributed by atoms with Gasteiger partial charge in [0.1, 0.15) is 5.75 Å². The summed E-state index contributed by atoms with van der Waals surface area (Å²) in [4.78, 5) is 3.69. The molecular weight excluding hydrogens is 229 g/mol. The lowest BCUT2D eigenvalue weighted by atomic mass is 9.92. The van der Waals surface area contributed by atoms with Crippen molar-refractivity contribution in [3.63, 3.8) is 0 Å². The minimum Gasteiger partial charge on any atom is -0.439 e. The van der Waals surface area contributed by atoms with E-state index in [4.69, 9.17) is 4.74 Å². The minimum atomic E-state index is -0.523. The Morgan fingerprint density at radius 3 is 2.67 bits per heavy atom. The molecule has 2 nitrogen and oxygen atoms in total. The van der Waals surface area contributed by atoms with E-state index in [1.807, 2.05) is 12.1 Å². The maximum atomic E-state index is 13.0. The Balaban J connectivity index is 1.85. The quantitative estimate of drug-likeness (QED) is 0.746. The second-order valence-electron chi connectivity index (χ2n) is 4.54. The molecule has 0 amide bonds. The summed E-state index contributed by atoms with van der Waals surface area (Å²) in [5.74, 6) is 0.505. The lowest BCUT2D eigenvalue weighted by Crippen LogP contribution is -2.02. The van der Waals surface area contributed by atoms with E-state index < -0.39 is 5.95 Å². The highest BCUT2D eigenvalue weighted by Gasteiger charge is 2.10. The third-order valence-corrected chi connectivity index (χ3v) is 3.23. The number of rotatable bonds is 2. The van der Waals surface area contributed by atoms with Gasteiger partial charge in [0.25, 0.3) is 0 Å². The van der Waals surface area contributed by atoms with Crippen molar-refractivity contribution in [1.82, 2.24) is 4.98 Å². The van der Waals surface area contributed by atoms with Gasteiger partial charge in [-0.25, -0.2) is 0 Å². The van der Waals surface area contributed by atoms with Crippen molar-refractivity contribution in [3.05, 3.63) is 53.5 Å². The Morgan fingerprint density at radius 2 is 1.83 bits per heavy atom. The molecule has 0 atom stereocenters. The zero-order chi connectivity index (χ0) is 12.4. The van der Waals surface area contributed by atoms with Gasteiger partial charge in [0.15, 0.2) is 0 Å². The molecule has 3 heteroatoms. The number of halogens is 1. The van der Waals surface area contributed by atoms with E-state index in [1.54, 1.807) is 12.1 Å². The van der Waals surface area contributed by atoms with Crippen LogP contribution in [-0.2, 0) is 12.8 Å². The molecule has 0 aliphatic heterocycles. The highest BCUT2D eigenvalue weighted by molar-refractivity contribution is 5.38. The fraction of sp³-hybridized carbons (Fsp3) is 0.267. The lowest BCUT2D eigenvalue weighted by Gasteiger charge is -2.16. The first-order valence-corrected chi connectivity index (χ1v) is 6.23.